The highest BCUT2D eigenvalue weighted by atomic mass is 32.2. The summed E-state index contributed by atoms with van der Waals surface area (Å²) in [6.45, 7) is 6.16. The van der Waals surface area contributed by atoms with Crippen LogP contribution in [0.2, 0.25) is 0 Å². The maximum absolute atomic E-state index is 12.8. The SMILES string of the molecule is CCN(C(=O)CS(=O)(=O)c1cccc2nsnc12)c1ccc(C)c(C)c1. The van der Waals surface area contributed by atoms with E-state index in [0.717, 1.165) is 22.9 Å². The molecule has 3 aromatic rings. The zero-order valence-corrected chi connectivity index (χ0v) is 16.4. The van der Waals surface area contributed by atoms with Gasteiger partial charge < -0.3 is 4.90 Å². The van der Waals surface area contributed by atoms with E-state index >= 15 is 0 Å². The Hall–Kier alpha value is -2.32. The summed E-state index contributed by atoms with van der Waals surface area (Å²) in [5, 5.41) is 0. The highest BCUT2D eigenvalue weighted by molar-refractivity contribution is 7.92. The average Bonchev–Trinajstić information content (AvgIpc) is 3.06. The molecule has 0 bridgehead atoms. The van der Waals surface area contributed by atoms with E-state index in [2.05, 4.69) is 8.75 Å². The number of amides is 1. The Morgan fingerprint density at radius 1 is 1.12 bits per heavy atom. The molecule has 0 atom stereocenters. The van der Waals surface area contributed by atoms with Gasteiger partial charge in [0.05, 0.1) is 16.6 Å². The largest absolute Gasteiger partial charge is 0.312 e. The van der Waals surface area contributed by atoms with Crippen molar-refractivity contribution >= 4 is 44.2 Å². The molecular formula is C18H19N3O3S2. The summed E-state index contributed by atoms with van der Waals surface area (Å²) >= 11 is 0.953. The van der Waals surface area contributed by atoms with Gasteiger partial charge >= 0.3 is 0 Å². The van der Waals surface area contributed by atoms with Crippen LogP contribution in [0.15, 0.2) is 41.3 Å². The van der Waals surface area contributed by atoms with Gasteiger partial charge in [-0.1, -0.05) is 12.1 Å². The first-order chi connectivity index (χ1) is 12.3. The maximum Gasteiger partial charge on any atom is 0.242 e. The summed E-state index contributed by atoms with van der Waals surface area (Å²) in [5.41, 5.74) is 3.70. The molecule has 0 saturated carbocycles. The van der Waals surface area contributed by atoms with Crippen LogP contribution in [0.1, 0.15) is 18.1 Å². The van der Waals surface area contributed by atoms with Crippen molar-refractivity contribution in [3.63, 3.8) is 0 Å². The summed E-state index contributed by atoms with van der Waals surface area (Å²) in [7, 11) is -3.82. The van der Waals surface area contributed by atoms with Gasteiger partial charge in [-0.15, -0.1) is 0 Å². The van der Waals surface area contributed by atoms with E-state index in [-0.39, 0.29) is 4.90 Å². The molecule has 0 aliphatic carbocycles. The minimum Gasteiger partial charge on any atom is -0.312 e. The van der Waals surface area contributed by atoms with Gasteiger partial charge in [0, 0.05) is 12.2 Å². The van der Waals surface area contributed by atoms with Crippen molar-refractivity contribution in [3.05, 3.63) is 47.5 Å². The zero-order valence-electron chi connectivity index (χ0n) is 14.8. The van der Waals surface area contributed by atoms with E-state index in [1.54, 1.807) is 12.1 Å². The molecule has 2 aromatic carbocycles. The van der Waals surface area contributed by atoms with Gasteiger partial charge in [0.1, 0.15) is 16.8 Å². The third-order valence-electron chi connectivity index (χ3n) is 4.32. The van der Waals surface area contributed by atoms with E-state index in [1.807, 2.05) is 39.0 Å². The molecule has 136 valence electrons. The average molecular weight is 390 g/mol. The van der Waals surface area contributed by atoms with Crippen LogP contribution in [0.3, 0.4) is 0 Å². The van der Waals surface area contributed by atoms with E-state index in [4.69, 9.17) is 0 Å². The Morgan fingerprint density at radius 2 is 1.88 bits per heavy atom. The van der Waals surface area contributed by atoms with Crippen molar-refractivity contribution in [1.82, 2.24) is 8.75 Å². The Morgan fingerprint density at radius 3 is 2.58 bits per heavy atom. The van der Waals surface area contributed by atoms with Gasteiger partial charge in [0.25, 0.3) is 0 Å². The van der Waals surface area contributed by atoms with E-state index < -0.39 is 21.5 Å². The number of rotatable bonds is 5. The van der Waals surface area contributed by atoms with Crippen molar-refractivity contribution in [2.75, 3.05) is 17.2 Å². The Kier molecular flexibility index (Phi) is 5.06. The van der Waals surface area contributed by atoms with E-state index in [1.165, 1.54) is 11.0 Å². The minimum absolute atomic E-state index is 0.0493. The number of aryl methyl sites for hydroxylation is 2. The van der Waals surface area contributed by atoms with Gasteiger partial charge in [-0.25, -0.2) is 8.42 Å². The lowest BCUT2D eigenvalue weighted by atomic mass is 10.1. The molecule has 0 fully saturated rings. The van der Waals surface area contributed by atoms with Gasteiger partial charge in [-0.3, -0.25) is 4.79 Å². The lowest BCUT2D eigenvalue weighted by Gasteiger charge is -2.22. The van der Waals surface area contributed by atoms with Gasteiger partial charge in [0.2, 0.25) is 5.91 Å². The molecule has 0 unspecified atom stereocenters. The van der Waals surface area contributed by atoms with E-state index in [9.17, 15) is 13.2 Å². The summed E-state index contributed by atoms with van der Waals surface area (Å²) in [6, 6.07) is 10.4. The molecule has 0 aliphatic rings. The predicted octanol–water partition coefficient (Wildman–Crippen LogP) is 3.13. The second-order valence-electron chi connectivity index (χ2n) is 6.05. The lowest BCUT2D eigenvalue weighted by Crippen LogP contribution is -2.35. The summed E-state index contributed by atoms with van der Waals surface area (Å²) < 4.78 is 33.8. The number of hydrogen-bond donors (Lipinski definition) is 0. The van der Waals surface area contributed by atoms with Crippen LogP contribution in [0.25, 0.3) is 11.0 Å². The summed E-state index contributed by atoms with van der Waals surface area (Å²) in [5.74, 6) is -1.07. The molecule has 0 spiro atoms. The molecular weight excluding hydrogens is 370 g/mol. The second kappa shape index (κ2) is 7.13. The molecule has 0 aliphatic heterocycles. The molecule has 0 radical (unpaired) electrons. The lowest BCUT2D eigenvalue weighted by molar-refractivity contribution is -0.116. The Bertz CT molecular complexity index is 1070. The first-order valence-electron chi connectivity index (χ1n) is 8.15. The second-order valence-corrected chi connectivity index (χ2v) is 8.54. The number of hydrogen-bond acceptors (Lipinski definition) is 6. The molecule has 1 aromatic heterocycles. The van der Waals surface area contributed by atoms with Crippen molar-refractivity contribution < 1.29 is 13.2 Å². The molecule has 1 amide bonds. The van der Waals surface area contributed by atoms with Crippen molar-refractivity contribution in [3.8, 4) is 0 Å². The normalized spacial score (nSPS) is 11.7. The summed E-state index contributed by atoms with van der Waals surface area (Å²) in [6.07, 6.45) is 0. The number of sulfone groups is 1. The predicted molar refractivity (Wildman–Crippen MR) is 103 cm³/mol. The third kappa shape index (κ3) is 3.47. The molecule has 6 nitrogen and oxygen atoms in total. The fraction of sp³-hybridized carbons (Fsp3) is 0.278. The smallest absolute Gasteiger partial charge is 0.242 e. The fourth-order valence-electron chi connectivity index (χ4n) is 2.75. The molecule has 1 heterocycles. The number of nitrogens with zero attached hydrogens (tertiary/aromatic N) is 3. The fourth-order valence-corrected chi connectivity index (χ4v) is 4.72. The topological polar surface area (TPSA) is 80.2 Å². The first kappa shape index (κ1) is 18.5. The van der Waals surface area contributed by atoms with E-state index in [0.29, 0.717) is 23.3 Å². The van der Waals surface area contributed by atoms with Crippen molar-refractivity contribution in [2.24, 2.45) is 0 Å². The summed E-state index contributed by atoms with van der Waals surface area (Å²) in [4.78, 5) is 14.3. The molecule has 26 heavy (non-hydrogen) atoms. The number of anilines is 1. The van der Waals surface area contributed by atoms with Crippen LogP contribution in [0, 0.1) is 13.8 Å². The van der Waals surface area contributed by atoms with Crippen LogP contribution in [0.4, 0.5) is 5.69 Å². The number of benzene rings is 2. The number of aromatic nitrogens is 2. The third-order valence-corrected chi connectivity index (χ3v) is 6.49. The molecule has 3 rings (SSSR count). The van der Waals surface area contributed by atoms with Crippen molar-refractivity contribution in [2.45, 2.75) is 25.7 Å². The number of carbonyl (C=O) groups is 1. The highest BCUT2D eigenvalue weighted by Gasteiger charge is 2.26. The van der Waals surface area contributed by atoms with Crippen LogP contribution in [-0.4, -0.2) is 35.4 Å². The van der Waals surface area contributed by atoms with Crippen LogP contribution in [0.5, 0.6) is 0 Å². The minimum atomic E-state index is -3.82. The maximum atomic E-state index is 12.8. The van der Waals surface area contributed by atoms with Crippen LogP contribution >= 0.6 is 11.7 Å². The first-order valence-corrected chi connectivity index (χ1v) is 10.5. The van der Waals surface area contributed by atoms with Gasteiger partial charge in [0.15, 0.2) is 9.84 Å². The van der Waals surface area contributed by atoms with Crippen LogP contribution in [-0.2, 0) is 14.6 Å². The molecule has 8 heteroatoms. The molecule has 0 saturated heterocycles. The Balaban J connectivity index is 1.92. The van der Waals surface area contributed by atoms with Crippen LogP contribution < -0.4 is 4.90 Å². The number of fused-ring (bicyclic) bond motifs is 1. The molecule has 0 N–H and O–H groups in total. The zero-order chi connectivity index (χ0) is 18.9. The standard InChI is InChI=1S/C18H19N3O3S2/c1-4-21(14-9-8-12(2)13(3)10-14)17(22)11-26(23,24)16-7-5-6-15-18(16)20-25-19-15/h5-10H,4,11H2,1-3H3. The van der Waals surface area contributed by atoms with Gasteiger partial charge in [-0.2, -0.15) is 8.75 Å². The van der Waals surface area contributed by atoms with Crippen molar-refractivity contribution in [1.29, 1.82) is 0 Å². The Labute approximate surface area is 156 Å². The highest BCUT2D eigenvalue weighted by Crippen LogP contribution is 2.24. The number of carbonyl (C=O) groups excluding carboxylic acids is 1. The quantitative estimate of drug-likeness (QED) is 0.670. The van der Waals surface area contributed by atoms with Gasteiger partial charge in [-0.05, 0) is 56.2 Å². The monoisotopic (exact) mass is 389 g/mol.